The monoisotopic (exact) mass is 252 g/mol. The molecule has 100 valence electrons. The number of rotatable bonds is 2. The lowest BCUT2D eigenvalue weighted by Gasteiger charge is -2.31. The van der Waals surface area contributed by atoms with Gasteiger partial charge in [0.1, 0.15) is 0 Å². The molecule has 0 amide bonds. The molecule has 0 spiro atoms. The fraction of sp³-hybridized carbons (Fsp3) is 0.571. The van der Waals surface area contributed by atoms with Crippen LogP contribution < -0.4 is 10.1 Å². The van der Waals surface area contributed by atoms with Crippen LogP contribution in [0.3, 0.4) is 0 Å². The van der Waals surface area contributed by atoms with Crippen LogP contribution in [0.1, 0.15) is 12.5 Å². The van der Waals surface area contributed by atoms with Crippen molar-refractivity contribution < 1.29 is 9.13 Å². The van der Waals surface area contributed by atoms with Gasteiger partial charge in [-0.15, -0.1) is 0 Å². The number of hydrogen-bond acceptors (Lipinski definition) is 3. The summed E-state index contributed by atoms with van der Waals surface area (Å²) in [4.78, 5) is 2.28. The van der Waals surface area contributed by atoms with Crippen LogP contribution in [-0.4, -0.2) is 45.2 Å². The Hall–Kier alpha value is -1.13. The van der Waals surface area contributed by atoms with Gasteiger partial charge in [-0.05, 0) is 24.7 Å². The van der Waals surface area contributed by atoms with E-state index >= 15 is 0 Å². The lowest BCUT2D eigenvalue weighted by atomic mass is 9.82. The minimum Gasteiger partial charge on any atom is -0.494 e. The third-order valence-corrected chi connectivity index (χ3v) is 3.65. The highest BCUT2D eigenvalue weighted by Crippen LogP contribution is 2.29. The molecular formula is C14H21FN2O. The van der Waals surface area contributed by atoms with Crippen LogP contribution in [0.15, 0.2) is 18.2 Å². The highest BCUT2D eigenvalue weighted by molar-refractivity contribution is 5.34. The van der Waals surface area contributed by atoms with Crippen molar-refractivity contribution in [2.75, 3.05) is 40.3 Å². The second-order valence-corrected chi connectivity index (χ2v) is 5.32. The first kappa shape index (κ1) is 13.3. The Labute approximate surface area is 108 Å². The molecule has 4 heteroatoms. The van der Waals surface area contributed by atoms with Crippen LogP contribution >= 0.6 is 0 Å². The first-order valence-corrected chi connectivity index (χ1v) is 6.28. The Morgan fingerprint density at radius 2 is 2.22 bits per heavy atom. The van der Waals surface area contributed by atoms with Crippen LogP contribution in [0.5, 0.6) is 5.75 Å². The van der Waals surface area contributed by atoms with E-state index in [9.17, 15) is 4.39 Å². The van der Waals surface area contributed by atoms with E-state index in [1.54, 1.807) is 12.1 Å². The van der Waals surface area contributed by atoms with Gasteiger partial charge in [0.15, 0.2) is 11.6 Å². The van der Waals surface area contributed by atoms with Gasteiger partial charge in [0, 0.05) is 31.6 Å². The van der Waals surface area contributed by atoms with Gasteiger partial charge in [-0.2, -0.15) is 0 Å². The van der Waals surface area contributed by atoms with Gasteiger partial charge in [0.05, 0.1) is 7.11 Å². The fourth-order valence-corrected chi connectivity index (χ4v) is 2.60. The number of ether oxygens (including phenoxy) is 1. The molecule has 1 N–H and O–H groups in total. The van der Waals surface area contributed by atoms with Gasteiger partial charge in [-0.1, -0.05) is 13.0 Å². The minimum atomic E-state index is -0.289. The molecule has 1 heterocycles. The number of nitrogens with one attached hydrogen (secondary N) is 1. The topological polar surface area (TPSA) is 24.5 Å². The standard InChI is InChI=1S/C14H21FN2O/c1-14(9-16-6-7-17(2)10-14)11-4-5-13(18-3)12(15)8-11/h4-5,8,16H,6-7,9-10H2,1-3H3. The molecule has 0 aliphatic carbocycles. The summed E-state index contributed by atoms with van der Waals surface area (Å²) in [7, 11) is 3.59. The molecule has 1 aliphatic heterocycles. The van der Waals surface area contributed by atoms with E-state index in [-0.39, 0.29) is 11.2 Å². The maximum Gasteiger partial charge on any atom is 0.165 e. The van der Waals surface area contributed by atoms with Crippen LogP contribution in [0.4, 0.5) is 4.39 Å². The smallest absolute Gasteiger partial charge is 0.165 e. The van der Waals surface area contributed by atoms with Crippen molar-refractivity contribution in [2.24, 2.45) is 0 Å². The third-order valence-electron chi connectivity index (χ3n) is 3.65. The number of likely N-dealkylation sites (N-methyl/N-ethyl adjacent to an activating group) is 1. The van der Waals surface area contributed by atoms with Gasteiger partial charge in [-0.3, -0.25) is 0 Å². The molecule has 18 heavy (non-hydrogen) atoms. The molecule has 1 aromatic carbocycles. The number of nitrogens with zero attached hydrogens (tertiary/aromatic N) is 1. The zero-order chi connectivity index (χ0) is 13.2. The summed E-state index contributed by atoms with van der Waals surface area (Å²) in [5.74, 6) is 0.0143. The summed E-state index contributed by atoms with van der Waals surface area (Å²) in [5, 5.41) is 3.42. The molecular weight excluding hydrogens is 231 g/mol. The minimum absolute atomic E-state index is 0.0711. The molecule has 1 fully saturated rings. The average Bonchev–Trinajstić information content (AvgIpc) is 2.51. The fourth-order valence-electron chi connectivity index (χ4n) is 2.60. The van der Waals surface area contributed by atoms with Crippen LogP contribution in [-0.2, 0) is 5.41 Å². The highest BCUT2D eigenvalue weighted by Gasteiger charge is 2.30. The summed E-state index contributed by atoms with van der Waals surface area (Å²) >= 11 is 0. The van der Waals surface area contributed by atoms with E-state index in [2.05, 4.69) is 24.2 Å². The van der Waals surface area contributed by atoms with Crippen LogP contribution in [0, 0.1) is 5.82 Å². The Kier molecular flexibility index (Phi) is 3.88. The zero-order valence-electron chi connectivity index (χ0n) is 11.3. The zero-order valence-corrected chi connectivity index (χ0v) is 11.3. The van der Waals surface area contributed by atoms with E-state index in [1.165, 1.54) is 7.11 Å². The Bertz CT molecular complexity index is 424. The van der Waals surface area contributed by atoms with E-state index in [4.69, 9.17) is 4.74 Å². The van der Waals surface area contributed by atoms with Crippen molar-refractivity contribution in [1.82, 2.24) is 10.2 Å². The largest absolute Gasteiger partial charge is 0.494 e. The molecule has 0 aromatic heterocycles. The quantitative estimate of drug-likeness (QED) is 0.866. The predicted octanol–water partition coefficient (Wildman–Crippen LogP) is 1.63. The predicted molar refractivity (Wildman–Crippen MR) is 70.7 cm³/mol. The third kappa shape index (κ3) is 2.65. The molecule has 2 rings (SSSR count). The van der Waals surface area contributed by atoms with E-state index in [1.807, 2.05) is 6.07 Å². The molecule has 1 aliphatic rings. The molecule has 1 saturated heterocycles. The summed E-state index contributed by atoms with van der Waals surface area (Å²) in [6, 6.07) is 5.27. The first-order chi connectivity index (χ1) is 8.55. The lowest BCUT2D eigenvalue weighted by Crippen LogP contribution is -2.39. The van der Waals surface area contributed by atoms with Gasteiger partial charge in [0.2, 0.25) is 0 Å². The van der Waals surface area contributed by atoms with Crippen molar-refractivity contribution in [3.63, 3.8) is 0 Å². The molecule has 1 aromatic rings. The summed E-state index contributed by atoms with van der Waals surface area (Å²) < 4.78 is 18.8. The van der Waals surface area contributed by atoms with Crippen molar-refractivity contribution in [3.05, 3.63) is 29.6 Å². The lowest BCUT2D eigenvalue weighted by molar-refractivity contribution is 0.289. The average molecular weight is 252 g/mol. The van der Waals surface area contributed by atoms with Crippen molar-refractivity contribution in [3.8, 4) is 5.75 Å². The summed E-state index contributed by atoms with van der Waals surface area (Å²) in [5.41, 5.74) is 0.945. The molecule has 0 bridgehead atoms. The van der Waals surface area contributed by atoms with E-state index in [0.29, 0.717) is 5.75 Å². The maximum atomic E-state index is 13.8. The molecule has 0 radical (unpaired) electrons. The van der Waals surface area contributed by atoms with Gasteiger partial charge < -0.3 is 15.0 Å². The molecule has 0 saturated carbocycles. The van der Waals surface area contributed by atoms with Crippen molar-refractivity contribution in [1.29, 1.82) is 0 Å². The Balaban J connectivity index is 2.30. The van der Waals surface area contributed by atoms with Gasteiger partial charge >= 0.3 is 0 Å². The molecule has 1 unspecified atom stereocenters. The van der Waals surface area contributed by atoms with E-state index in [0.717, 1.165) is 31.7 Å². The number of hydrogen-bond donors (Lipinski definition) is 1. The second kappa shape index (κ2) is 5.24. The van der Waals surface area contributed by atoms with Crippen molar-refractivity contribution in [2.45, 2.75) is 12.3 Å². The van der Waals surface area contributed by atoms with Gasteiger partial charge in [0.25, 0.3) is 0 Å². The second-order valence-electron chi connectivity index (χ2n) is 5.32. The number of benzene rings is 1. The maximum absolute atomic E-state index is 13.8. The first-order valence-electron chi connectivity index (χ1n) is 6.28. The summed E-state index contributed by atoms with van der Waals surface area (Å²) in [6.45, 7) is 5.96. The van der Waals surface area contributed by atoms with Crippen molar-refractivity contribution >= 4 is 0 Å². The molecule has 1 atom stereocenters. The van der Waals surface area contributed by atoms with Crippen LogP contribution in [0.2, 0.25) is 0 Å². The van der Waals surface area contributed by atoms with E-state index < -0.39 is 0 Å². The number of methoxy groups -OCH3 is 1. The molecule has 3 nitrogen and oxygen atoms in total. The Morgan fingerprint density at radius 1 is 1.44 bits per heavy atom. The SMILES string of the molecule is COc1ccc(C2(C)CNCCN(C)C2)cc1F. The van der Waals surface area contributed by atoms with Crippen LogP contribution in [0.25, 0.3) is 0 Å². The summed E-state index contributed by atoms with van der Waals surface area (Å²) in [6.07, 6.45) is 0. The Morgan fingerprint density at radius 3 is 2.89 bits per heavy atom. The normalized spacial score (nSPS) is 25.8. The highest BCUT2D eigenvalue weighted by atomic mass is 19.1. The van der Waals surface area contributed by atoms with Gasteiger partial charge in [-0.25, -0.2) is 4.39 Å². The number of halogens is 1.